The quantitative estimate of drug-likeness (QED) is 0.161. The maximum absolute atomic E-state index is 2.46. The zero-order valence-corrected chi connectivity index (χ0v) is 30.8. The van der Waals surface area contributed by atoms with Gasteiger partial charge in [0.1, 0.15) is 0 Å². The molecule has 0 amide bonds. The molecular weight excluding hydrogens is 661 g/mol. The Morgan fingerprint density at radius 1 is 0.273 bits per heavy atom. The monoisotopic (exact) mass is 696 g/mol. The topological polar surface area (TPSA) is 0 Å². The highest BCUT2D eigenvalue weighted by molar-refractivity contribution is 6.19. The van der Waals surface area contributed by atoms with Crippen LogP contribution in [0, 0.1) is 0 Å². The standard InChI is InChI=1S/C55H36/c1-55(2)52-31-36(22-24-46(52)47-25-23-39(32-53(47)55)51-30-37-10-3-4-11-40(37)42-12-5-8-15-45(42)51)34-18-19-35-29-38(21-20-33(35)28-34)41-26-27-50-44-14-7-6-13-43(44)49-17-9-16-48(41)54(49)50/h3-32H,1-2H3. The van der Waals surface area contributed by atoms with Crippen LogP contribution in [0.25, 0.3) is 110 Å². The number of fused-ring (bicyclic) bond motifs is 10. The molecular formula is C55H36. The molecule has 2 aliphatic rings. The number of benzene rings is 10. The van der Waals surface area contributed by atoms with Gasteiger partial charge in [-0.25, -0.2) is 0 Å². The summed E-state index contributed by atoms with van der Waals surface area (Å²) < 4.78 is 0. The summed E-state index contributed by atoms with van der Waals surface area (Å²) in [6.45, 7) is 4.79. The second-order valence-corrected chi connectivity index (χ2v) is 16.0. The van der Waals surface area contributed by atoms with Crippen LogP contribution in [0.1, 0.15) is 25.0 Å². The molecule has 0 fully saturated rings. The van der Waals surface area contributed by atoms with E-state index in [2.05, 4.69) is 196 Å². The Morgan fingerprint density at radius 3 is 1.55 bits per heavy atom. The lowest BCUT2D eigenvalue weighted by Crippen LogP contribution is -2.15. The minimum absolute atomic E-state index is 0.129. The molecule has 0 saturated carbocycles. The predicted molar refractivity (Wildman–Crippen MR) is 235 cm³/mol. The van der Waals surface area contributed by atoms with E-state index < -0.39 is 0 Å². The average molecular weight is 697 g/mol. The van der Waals surface area contributed by atoms with Gasteiger partial charge in [0.25, 0.3) is 0 Å². The van der Waals surface area contributed by atoms with Crippen LogP contribution >= 0.6 is 0 Å². The van der Waals surface area contributed by atoms with Crippen molar-refractivity contribution in [2.24, 2.45) is 0 Å². The Morgan fingerprint density at radius 2 is 0.764 bits per heavy atom. The summed E-state index contributed by atoms with van der Waals surface area (Å²) in [5.41, 5.74) is 18.3. The largest absolute Gasteiger partial charge is 0.0616 e. The molecule has 0 spiro atoms. The molecule has 0 bridgehead atoms. The highest BCUT2D eigenvalue weighted by Crippen LogP contribution is 2.52. The van der Waals surface area contributed by atoms with Gasteiger partial charge in [0.2, 0.25) is 0 Å². The van der Waals surface area contributed by atoms with Crippen molar-refractivity contribution in [3.8, 4) is 66.8 Å². The van der Waals surface area contributed by atoms with Crippen molar-refractivity contribution in [1.82, 2.24) is 0 Å². The van der Waals surface area contributed by atoms with E-state index >= 15 is 0 Å². The SMILES string of the molecule is CC1(C)c2cc(-c3ccc4cc(-c5ccc6c7c(cccc57)-c5ccccc5-6)ccc4c3)ccc2-c2ccc(-c3cc4ccccc4c4ccccc34)cc21. The molecule has 0 radical (unpaired) electrons. The van der Waals surface area contributed by atoms with Crippen molar-refractivity contribution in [3.63, 3.8) is 0 Å². The molecule has 2 aliphatic carbocycles. The van der Waals surface area contributed by atoms with Crippen LogP contribution in [-0.4, -0.2) is 0 Å². The zero-order chi connectivity index (χ0) is 36.4. The average Bonchev–Trinajstić information content (AvgIpc) is 3.68. The second kappa shape index (κ2) is 11.1. The molecule has 0 aliphatic heterocycles. The lowest BCUT2D eigenvalue weighted by molar-refractivity contribution is 0.661. The smallest absolute Gasteiger partial charge is 0.0159 e. The van der Waals surface area contributed by atoms with Crippen LogP contribution in [0.2, 0.25) is 0 Å². The van der Waals surface area contributed by atoms with Gasteiger partial charge in [0.15, 0.2) is 0 Å². The van der Waals surface area contributed by atoms with E-state index in [0.29, 0.717) is 0 Å². The van der Waals surface area contributed by atoms with Crippen LogP contribution in [0.3, 0.4) is 0 Å². The molecule has 0 heterocycles. The van der Waals surface area contributed by atoms with Gasteiger partial charge in [-0.15, -0.1) is 0 Å². The molecule has 10 aromatic rings. The second-order valence-electron chi connectivity index (χ2n) is 16.0. The molecule has 12 rings (SSSR count). The maximum atomic E-state index is 2.46. The van der Waals surface area contributed by atoms with Crippen molar-refractivity contribution in [3.05, 3.63) is 193 Å². The lowest BCUT2D eigenvalue weighted by atomic mass is 9.80. The van der Waals surface area contributed by atoms with Gasteiger partial charge in [0, 0.05) is 5.41 Å². The molecule has 0 saturated heterocycles. The Labute approximate surface area is 321 Å². The van der Waals surface area contributed by atoms with Gasteiger partial charge in [-0.05, 0) is 151 Å². The van der Waals surface area contributed by atoms with Crippen molar-refractivity contribution in [1.29, 1.82) is 0 Å². The first-order valence-corrected chi connectivity index (χ1v) is 19.4. The molecule has 55 heavy (non-hydrogen) atoms. The van der Waals surface area contributed by atoms with Crippen molar-refractivity contribution in [2.45, 2.75) is 19.3 Å². The van der Waals surface area contributed by atoms with Gasteiger partial charge >= 0.3 is 0 Å². The van der Waals surface area contributed by atoms with E-state index in [1.807, 2.05) is 0 Å². The highest BCUT2D eigenvalue weighted by Gasteiger charge is 2.36. The summed E-state index contributed by atoms with van der Waals surface area (Å²) in [7, 11) is 0. The molecule has 0 heteroatoms. The zero-order valence-electron chi connectivity index (χ0n) is 30.8. The Balaban J connectivity index is 0.905. The minimum Gasteiger partial charge on any atom is -0.0616 e. The summed E-state index contributed by atoms with van der Waals surface area (Å²) in [4.78, 5) is 0. The Bertz CT molecular complexity index is 3250. The van der Waals surface area contributed by atoms with Crippen molar-refractivity contribution < 1.29 is 0 Å². The van der Waals surface area contributed by atoms with Crippen molar-refractivity contribution >= 4 is 43.1 Å². The fourth-order valence-electron chi connectivity index (χ4n) is 10.0. The van der Waals surface area contributed by atoms with E-state index in [4.69, 9.17) is 0 Å². The molecule has 0 aromatic heterocycles. The molecule has 256 valence electrons. The summed E-state index contributed by atoms with van der Waals surface area (Å²) in [6.07, 6.45) is 0. The number of hydrogen-bond acceptors (Lipinski definition) is 0. The van der Waals surface area contributed by atoms with Gasteiger partial charge in [-0.1, -0.05) is 166 Å². The Kier molecular flexibility index (Phi) is 6.21. The van der Waals surface area contributed by atoms with Gasteiger partial charge < -0.3 is 0 Å². The third-order valence-corrected chi connectivity index (χ3v) is 12.8. The van der Waals surface area contributed by atoms with Crippen LogP contribution in [-0.2, 0) is 5.41 Å². The van der Waals surface area contributed by atoms with E-state index in [1.165, 1.54) is 121 Å². The van der Waals surface area contributed by atoms with Crippen molar-refractivity contribution in [2.75, 3.05) is 0 Å². The molecule has 10 aromatic carbocycles. The molecule has 0 nitrogen and oxygen atoms in total. The first kappa shape index (κ1) is 30.7. The highest BCUT2D eigenvalue weighted by atomic mass is 14.4. The predicted octanol–water partition coefficient (Wildman–Crippen LogP) is 15.3. The summed E-state index contributed by atoms with van der Waals surface area (Å²) >= 11 is 0. The molecule has 0 N–H and O–H groups in total. The first-order chi connectivity index (χ1) is 27.0. The fourth-order valence-corrected chi connectivity index (χ4v) is 10.0. The normalized spacial score (nSPS) is 13.4. The minimum atomic E-state index is -0.129. The third kappa shape index (κ3) is 4.34. The Hall–Kier alpha value is -6.76. The summed E-state index contributed by atoms with van der Waals surface area (Å²) in [5.74, 6) is 0. The molecule has 0 unspecified atom stereocenters. The van der Waals surface area contributed by atoms with Gasteiger partial charge in [-0.3, -0.25) is 0 Å². The van der Waals surface area contributed by atoms with E-state index in [1.54, 1.807) is 0 Å². The van der Waals surface area contributed by atoms with Crippen LogP contribution < -0.4 is 0 Å². The summed E-state index contributed by atoms with van der Waals surface area (Å²) in [5, 5.41) is 10.4. The van der Waals surface area contributed by atoms with Crippen LogP contribution in [0.5, 0.6) is 0 Å². The maximum Gasteiger partial charge on any atom is 0.0159 e. The van der Waals surface area contributed by atoms with Gasteiger partial charge in [0.05, 0.1) is 0 Å². The van der Waals surface area contributed by atoms with Gasteiger partial charge in [-0.2, -0.15) is 0 Å². The fraction of sp³-hybridized carbons (Fsp3) is 0.0545. The van der Waals surface area contributed by atoms with E-state index in [-0.39, 0.29) is 5.41 Å². The van der Waals surface area contributed by atoms with Crippen LogP contribution in [0.4, 0.5) is 0 Å². The lowest BCUT2D eigenvalue weighted by Gasteiger charge is -2.23. The van der Waals surface area contributed by atoms with Crippen LogP contribution in [0.15, 0.2) is 182 Å². The number of hydrogen-bond donors (Lipinski definition) is 0. The van der Waals surface area contributed by atoms with E-state index in [9.17, 15) is 0 Å². The number of rotatable bonds is 3. The molecule has 0 atom stereocenters. The third-order valence-electron chi connectivity index (χ3n) is 12.8. The summed E-state index contributed by atoms with van der Waals surface area (Å²) in [6, 6.07) is 68.4. The van der Waals surface area contributed by atoms with E-state index in [0.717, 1.165) is 0 Å². The first-order valence-electron chi connectivity index (χ1n) is 19.4.